The molecule has 2 heteroatoms. The molecule has 2 aliphatic rings. The smallest absolute Gasteiger partial charge is 0.338 e. The topological polar surface area (TPSA) is 26.3 Å². The molecule has 2 unspecified atom stereocenters. The molecule has 30 heavy (non-hydrogen) atoms. The fraction of sp³-hybridized carbons (Fsp3) is 0.679. The van der Waals surface area contributed by atoms with Crippen molar-refractivity contribution in [3.63, 3.8) is 0 Å². The minimum atomic E-state index is -0.148. The highest BCUT2D eigenvalue weighted by atomic mass is 16.5. The Hall–Kier alpha value is -1.57. The number of carbonyl (C=O) groups excluding carboxylic acids is 1. The number of allylic oxidation sites excluding steroid dienone is 2. The zero-order valence-corrected chi connectivity index (χ0v) is 19.5. The SMILES string of the molecule is CCCCC1CCC(OC(=O)c2ccc(C3=CCC(CC(C)CC)CC3)cc2)CC1. The third-order valence-electron chi connectivity index (χ3n) is 7.48. The van der Waals surface area contributed by atoms with E-state index in [0.717, 1.165) is 37.0 Å². The minimum absolute atomic E-state index is 0.110. The minimum Gasteiger partial charge on any atom is -0.459 e. The van der Waals surface area contributed by atoms with Gasteiger partial charge in [0.25, 0.3) is 0 Å². The number of unbranched alkanes of at least 4 members (excludes halogenated alkanes) is 1. The molecule has 0 bridgehead atoms. The first-order valence-electron chi connectivity index (χ1n) is 12.6. The lowest BCUT2D eigenvalue weighted by molar-refractivity contribution is 0.0161. The molecule has 0 saturated heterocycles. The Morgan fingerprint density at radius 3 is 2.37 bits per heavy atom. The summed E-state index contributed by atoms with van der Waals surface area (Å²) in [6.45, 7) is 6.92. The molecule has 1 aromatic carbocycles. The molecule has 0 spiro atoms. The molecule has 0 heterocycles. The van der Waals surface area contributed by atoms with Crippen molar-refractivity contribution < 1.29 is 9.53 Å². The highest BCUT2D eigenvalue weighted by Gasteiger charge is 2.24. The van der Waals surface area contributed by atoms with Gasteiger partial charge in [0.1, 0.15) is 6.10 Å². The summed E-state index contributed by atoms with van der Waals surface area (Å²) in [6.07, 6.45) is 17.3. The number of rotatable bonds is 9. The van der Waals surface area contributed by atoms with E-state index >= 15 is 0 Å². The van der Waals surface area contributed by atoms with Crippen LogP contribution in [-0.4, -0.2) is 12.1 Å². The van der Waals surface area contributed by atoms with Gasteiger partial charge >= 0.3 is 5.97 Å². The summed E-state index contributed by atoms with van der Waals surface area (Å²) < 4.78 is 5.82. The predicted molar refractivity (Wildman–Crippen MR) is 127 cm³/mol. The highest BCUT2D eigenvalue weighted by molar-refractivity contribution is 5.90. The largest absolute Gasteiger partial charge is 0.459 e. The van der Waals surface area contributed by atoms with Crippen LogP contribution in [-0.2, 0) is 4.74 Å². The fourth-order valence-corrected chi connectivity index (χ4v) is 5.17. The zero-order valence-electron chi connectivity index (χ0n) is 19.5. The number of benzene rings is 1. The van der Waals surface area contributed by atoms with Crippen molar-refractivity contribution in [2.45, 2.75) is 104 Å². The molecule has 0 aliphatic heterocycles. The van der Waals surface area contributed by atoms with Gasteiger partial charge in [-0.25, -0.2) is 4.79 Å². The average Bonchev–Trinajstić information content (AvgIpc) is 2.79. The molecule has 2 aliphatic carbocycles. The summed E-state index contributed by atoms with van der Waals surface area (Å²) in [4.78, 5) is 12.6. The van der Waals surface area contributed by atoms with Crippen LogP contribution in [0.1, 0.15) is 114 Å². The van der Waals surface area contributed by atoms with Crippen molar-refractivity contribution in [1.82, 2.24) is 0 Å². The Morgan fingerprint density at radius 2 is 1.77 bits per heavy atom. The molecule has 0 N–H and O–H groups in total. The van der Waals surface area contributed by atoms with Gasteiger partial charge in [0.2, 0.25) is 0 Å². The Morgan fingerprint density at radius 1 is 1.03 bits per heavy atom. The monoisotopic (exact) mass is 410 g/mol. The van der Waals surface area contributed by atoms with Gasteiger partial charge in [0.05, 0.1) is 5.56 Å². The van der Waals surface area contributed by atoms with Crippen LogP contribution in [0.3, 0.4) is 0 Å². The second-order valence-electron chi connectivity index (χ2n) is 9.89. The van der Waals surface area contributed by atoms with Gasteiger partial charge in [0, 0.05) is 0 Å². The molecule has 1 fully saturated rings. The van der Waals surface area contributed by atoms with Crippen LogP contribution in [0.5, 0.6) is 0 Å². The number of hydrogen-bond acceptors (Lipinski definition) is 2. The van der Waals surface area contributed by atoms with Crippen LogP contribution >= 0.6 is 0 Å². The van der Waals surface area contributed by atoms with Crippen LogP contribution in [0.15, 0.2) is 30.3 Å². The molecule has 3 rings (SSSR count). The van der Waals surface area contributed by atoms with E-state index in [0.29, 0.717) is 5.56 Å². The summed E-state index contributed by atoms with van der Waals surface area (Å²) in [5, 5.41) is 0. The molecule has 1 saturated carbocycles. The van der Waals surface area contributed by atoms with Crippen LogP contribution in [0.4, 0.5) is 0 Å². The van der Waals surface area contributed by atoms with Crippen LogP contribution in [0.25, 0.3) is 5.57 Å². The van der Waals surface area contributed by atoms with Gasteiger partial charge in [-0.2, -0.15) is 0 Å². The number of ether oxygens (including phenoxy) is 1. The van der Waals surface area contributed by atoms with Crippen molar-refractivity contribution in [1.29, 1.82) is 0 Å². The lowest BCUT2D eigenvalue weighted by Gasteiger charge is -2.28. The van der Waals surface area contributed by atoms with Crippen molar-refractivity contribution in [2.24, 2.45) is 17.8 Å². The van der Waals surface area contributed by atoms with Crippen molar-refractivity contribution in [2.75, 3.05) is 0 Å². The van der Waals surface area contributed by atoms with E-state index in [1.54, 1.807) is 0 Å². The van der Waals surface area contributed by atoms with Gasteiger partial charge in [-0.3, -0.25) is 0 Å². The predicted octanol–water partition coefficient (Wildman–Crippen LogP) is 8.21. The van der Waals surface area contributed by atoms with E-state index in [9.17, 15) is 4.79 Å². The van der Waals surface area contributed by atoms with Gasteiger partial charge in [0.15, 0.2) is 0 Å². The van der Waals surface area contributed by atoms with Crippen LogP contribution in [0, 0.1) is 17.8 Å². The van der Waals surface area contributed by atoms with E-state index < -0.39 is 0 Å². The first-order chi connectivity index (χ1) is 14.6. The van der Waals surface area contributed by atoms with Gasteiger partial charge < -0.3 is 4.74 Å². The van der Waals surface area contributed by atoms with E-state index in [2.05, 4.69) is 39.0 Å². The number of carbonyl (C=O) groups is 1. The third kappa shape index (κ3) is 6.72. The molecule has 2 atom stereocenters. The zero-order chi connectivity index (χ0) is 21.3. The molecule has 0 radical (unpaired) electrons. The van der Waals surface area contributed by atoms with E-state index in [1.807, 2.05) is 12.1 Å². The van der Waals surface area contributed by atoms with Crippen molar-refractivity contribution >= 4 is 11.5 Å². The third-order valence-corrected chi connectivity index (χ3v) is 7.48. The second kappa shape index (κ2) is 11.7. The Labute approximate surface area is 184 Å². The van der Waals surface area contributed by atoms with Crippen molar-refractivity contribution in [3.05, 3.63) is 41.5 Å². The maximum atomic E-state index is 12.6. The summed E-state index contributed by atoms with van der Waals surface area (Å²) in [5.41, 5.74) is 3.41. The lowest BCUT2D eigenvalue weighted by atomic mass is 9.81. The van der Waals surface area contributed by atoms with E-state index in [4.69, 9.17) is 4.74 Å². The molecule has 0 amide bonds. The first kappa shape index (κ1) is 23.1. The molecular weight excluding hydrogens is 368 g/mol. The Balaban J connectivity index is 1.47. The molecule has 1 aromatic rings. The van der Waals surface area contributed by atoms with Crippen molar-refractivity contribution in [3.8, 4) is 0 Å². The molecule has 2 nitrogen and oxygen atoms in total. The van der Waals surface area contributed by atoms with E-state index in [-0.39, 0.29) is 12.1 Å². The number of esters is 1. The first-order valence-corrected chi connectivity index (χ1v) is 12.6. The quantitative estimate of drug-likeness (QED) is 0.383. The Kier molecular flexibility index (Phi) is 9.03. The summed E-state index contributed by atoms with van der Waals surface area (Å²) >= 11 is 0. The van der Waals surface area contributed by atoms with Crippen LogP contribution in [0.2, 0.25) is 0 Å². The molecule has 166 valence electrons. The normalized spacial score (nSPS) is 25.4. The maximum Gasteiger partial charge on any atom is 0.338 e. The second-order valence-corrected chi connectivity index (χ2v) is 9.89. The van der Waals surface area contributed by atoms with Gasteiger partial charge in [-0.1, -0.05) is 64.7 Å². The van der Waals surface area contributed by atoms with Crippen LogP contribution < -0.4 is 0 Å². The van der Waals surface area contributed by atoms with Gasteiger partial charge in [-0.15, -0.1) is 0 Å². The molecule has 0 aromatic heterocycles. The fourth-order valence-electron chi connectivity index (χ4n) is 5.17. The Bertz CT molecular complexity index is 679. The summed E-state index contributed by atoms with van der Waals surface area (Å²) in [5.74, 6) is 2.37. The standard InChI is InChI=1S/C28H42O2/c1-4-6-7-22-10-18-27(19-11-22)30-28(29)26-16-14-25(15-17-26)24-12-8-23(9-13-24)20-21(3)5-2/h12,14-17,21-23,27H,4-11,13,18-20H2,1-3H3. The average molecular weight is 411 g/mol. The number of hydrogen-bond donors (Lipinski definition) is 0. The maximum absolute atomic E-state index is 12.6. The molecular formula is C28H42O2. The van der Waals surface area contributed by atoms with E-state index in [1.165, 1.54) is 68.9 Å². The van der Waals surface area contributed by atoms with Gasteiger partial charge in [-0.05, 0) is 92.4 Å². The summed E-state index contributed by atoms with van der Waals surface area (Å²) in [6, 6.07) is 8.13. The highest BCUT2D eigenvalue weighted by Crippen LogP contribution is 2.34. The lowest BCUT2D eigenvalue weighted by Crippen LogP contribution is -2.24. The summed E-state index contributed by atoms with van der Waals surface area (Å²) in [7, 11) is 0.